The van der Waals surface area contributed by atoms with Crippen LogP contribution in [0, 0.1) is 0 Å². The number of nitrogens with one attached hydrogen (secondary N) is 2. The second-order valence-electron chi connectivity index (χ2n) is 7.30. The average Bonchev–Trinajstić information content (AvgIpc) is 2.83. The lowest BCUT2D eigenvalue weighted by Crippen LogP contribution is -2.32. The molecular weight excluding hydrogens is 442 g/mol. The van der Waals surface area contributed by atoms with Crippen LogP contribution in [0.5, 0.6) is 11.5 Å². The number of carbonyl (C=O) groups excluding carboxylic acids is 1. The average molecular weight is 470 g/mol. The fraction of sp³-hybridized carbons (Fsp3) is 0.250. The van der Waals surface area contributed by atoms with Crippen molar-refractivity contribution in [2.24, 2.45) is 0 Å². The van der Waals surface area contributed by atoms with E-state index in [0.717, 1.165) is 11.1 Å². The normalized spacial score (nSPS) is 12.1. The van der Waals surface area contributed by atoms with Gasteiger partial charge in [-0.25, -0.2) is 13.1 Å². The van der Waals surface area contributed by atoms with Gasteiger partial charge in [0.2, 0.25) is 15.9 Å². The van der Waals surface area contributed by atoms with E-state index in [2.05, 4.69) is 15.0 Å². The van der Waals surface area contributed by atoms with Gasteiger partial charge in [-0.15, -0.1) is 0 Å². The minimum absolute atomic E-state index is 0.000879. The maximum absolute atomic E-state index is 12.3. The Bertz CT molecular complexity index is 1160. The zero-order valence-electron chi connectivity index (χ0n) is 18.5. The van der Waals surface area contributed by atoms with E-state index in [1.54, 1.807) is 43.8 Å². The van der Waals surface area contributed by atoms with E-state index in [9.17, 15) is 13.2 Å². The lowest BCUT2D eigenvalue weighted by Gasteiger charge is -2.17. The number of pyridine rings is 1. The number of carbonyl (C=O) groups is 1. The second-order valence-corrected chi connectivity index (χ2v) is 9.07. The molecule has 0 saturated carbocycles. The van der Waals surface area contributed by atoms with Crippen LogP contribution in [-0.4, -0.2) is 33.0 Å². The first-order valence-electron chi connectivity index (χ1n) is 10.4. The van der Waals surface area contributed by atoms with Crippen LogP contribution in [-0.2, 0) is 21.4 Å². The van der Waals surface area contributed by atoms with Crippen molar-refractivity contribution in [3.05, 3.63) is 84.2 Å². The van der Waals surface area contributed by atoms with Gasteiger partial charge >= 0.3 is 0 Å². The first-order chi connectivity index (χ1) is 15.9. The van der Waals surface area contributed by atoms with Gasteiger partial charge in [0.25, 0.3) is 0 Å². The molecule has 0 fully saturated rings. The fourth-order valence-corrected chi connectivity index (χ4v) is 4.14. The summed E-state index contributed by atoms with van der Waals surface area (Å²) in [5.41, 5.74) is 1.82. The highest BCUT2D eigenvalue weighted by Gasteiger charge is 2.16. The molecule has 0 aliphatic rings. The highest BCUT2D eigenvalue weighted by molar-refractivity contribution is 7.89. The van der Waals surface area contributed by atoms with Gasteiger partial charge < -0.3 is 14.8 Å². The molecule has 1 heterocycles. The lowest BCUT2D eigenvalue weighted by molar-refractivity contribution is -0.121. The van der Waals surface area contributed by atoms with Crippen LogP contribution >= 0.6 is 0 Å². The van der Waals surface area contributed by atoms with Crippen molar-refractivity contribution in [1.29, 1.82) is 0 Å². The van der Waals surface area contributed by atoms with E-state index < -0.39 is 10.0 Å². The summed E-state index contributed by atoms with van der Waals surface area (Å²) in [6, 6.07) is 16.9. The van der Waals surface area contributed by atoms with Gasteiger partial charge in [0.1, 0.15) is 6.61 Å². The van der Waals surface area contributed by atoms with Gasteiger partial charge in [-0.05, 0) is 54.4 Å². The van der Waals surface area contributed by atoms with Crippen LogP contribution in [0.2, 0.25) is 0 Å². The Balaban J connectivity index is 1.52. The molecule has 0 spiro atoms. The maximum atomic E-state index is 12.3. The second kappa shape index (κ2) is 11.4. The summed E-state index contributed by atoms with van der Waals surface area (Å²) in [6.45, 7) is 2.22. The number of amides is 1. The smallest absolute Gasteiger partial charge is 0.240 e. The Morgan fingerprint density at radius 1 is 1.03 bits per heavy atom. The Morgan fingerprint density at radius 2 is 1.76 bits per heavy atom. The van der Waals surface area contributed by atoms with Crippen molar-refractivity contribution in [2.75, 3.05) is 13.7 Å². The fourth-order valence-electron chi connectivity index (χ4n) is 3.09. The number of hydrogen-bond donors (Lipinski definition) is 2. The summed E-state index contributed by atoms with van der Waals surface area (Å²) < 4.78 is 38.2. The molecule has 8 nitrogen and oxygen atoms in total. The summed E-state index contributed by atoms with van der Waals surface area (Å²) in [7, 11) is -2.08. The molecule has 9 heteroatoms. The minimum atomic E-state index is -3.64. The van der Waals surface area contributed by atoms with Crippen LogP contribution < -0.4 is 19.5 Å². The van der Waals surface area contributed by atoms with Crippen molar-refractivity contribution in [1.82, 2.24) is 15.0 Å². The van der Waals surface area contributed by atoms with Crippen molar-refractivity contribution < 1.29 is 22.7 Å². The van der Waals surface area contributed by atoms with Gasteiger partial charge in [0, 0.05) is 25.4 Å². The molecule has 1 amide bonds. The standard InChI is InChI=1S/C24H27N3O5S/c1-18(27-24(28)12-15-26-33(29,30)21-6-4-3-5-7-21)20-8-9-22(23(16-20)31-2)32-17-19-10-13-25-14-11-19/h3-11,13-14,16,18,26H,12,15,17H2,1-2H3,(H,27,28). The Kier molecular flexibility index (Phi) is 8.39. The number of methoxy groups -OCH3 is 1. The first kappa shape index (κ1) is 24.2. The SMILES string of the molecule is COc1cc(C(C)NC(=O)CCNS(=O)(=O)c2ccccc2)ccc1OCc1ccncc1. The van der Waals surface area contributed by atoms with Crippen molar-refractivity contribution in [2.45, 2.75) is 30.9 Å². The molecule has 1 atom stereocenters. The van der Waals surface area contributed by atoms with Gasteiger partial charge in [-0.3, -0.25) is 9.78 Å². The Labute approximate surface area is 194 Å². The monoisotopic (exact) mass is 469 g/mol. The lowest BCUT2D eigenvalue weighted by atomic mass is 10.1. The van der Waals surface area contributed by atoms with E-state index in [4.69, 9.17) is 9.47 Å². The third-order valence-electron chi connectivity index (χ3n) is 4.91. The molecule has 3 aromatic rings. The molecular formula is C24H27N3O5S. The summed E-state index contributed by atoms with van der Waals surface area (Å²) in [5.74, 6) is 0.875. The first-order valence-corrected chi connectivity index (χ1v) is 11.9. The van der Waals surface area contributed by atoms with Crippen molar-refractivity contribution >= 4 is 15.9 Å². The number of ether oxygens (including phenoxy) is 2. The molecule has 2 N–H and O–H groups in total. The molecule has 0 bridgehead atoms. The number of sulfonamides is 1. The molecule has 1 unspecified atom stereocenters. The molecule has 3 rings (SSSR count). The van der Waals surface area contributed by atoms with E-state index in [1.807, 2.05) is 31.2 Å². The van der Waals surface area contributed by atoms with Crippen LogP contribution in [0.15, 0.2) is 78.0 Å². The molecule has 0 aliphatic carbocycles. The molecule has 0 radical (unpaired) electrons. The largest absolute Gasteiger partial charge is 0.493 e. The van der Waals surface area contributed by atoms with E-state index in [1.165, 1.54) is 12.1 Å². The van der Waals surface area contributed by atoms with Crippen molar-refractivity contribution in [3.63, 3.8) is 0 Å². The summed E-state index contributed by atoms with van der Waals surface area (Å²) in [4.78, 5) is 16.5. The summed E-state index contributed by atoms with van der Waals surface area (Å²) in [5, 5.41) is 2.87. The highest BCUT2D eigenvalue weighted by atomic mass is 32.2. The van der Waals surface area contributed by atoms with Gasteiger partial charge in [0.05, 0.1) is 18.0 Å². The third kappa shape index (κ3) is 7.03. The quantitative estimate of drug-likeness (QED) is 0.447. The summed E-state index contributed by atoms with van der Waals surface area (Å²) >= 11 is 0. The predicted molar refractivity (Wildman–Crippen MR) is 124 cm³/mol. The third-order valence-corrected chi connectivity index (χ3v) is 6.38. The van der Waals surface area contributed by atoms with Gasteiger partial charge in [-0.2, -0.15) is 0 Å². The topological polar surface area (TPSA) is 107 Å². The number of benzene rings is 2. The zero-order chi connectivity index (χ0) is 23.7. The van der Waals surface area contributed by atoms with Crippen LogP contribution in [0.4, 0.5) is 0 Å². The van der Waals surface area contributed by atoms with Gasteiger partial charge in [-0.1, -0.05) is 24.3 Å². The van der Waals surface area contributed by atoms with E-state index in [-0.39, 0.29) is 29.8 Å². The maximum Gasteiger partial charge on any atom is 0.240 e. The molecule has 0 saturated heterocycles. The molecule has 2 aromatic carbocycles. The number of nitrogens with zero attached hydrogens (tertiary/aromatic N) is 1. The van der Waals surface area contributed by atoms with Gasteiger partial charge in [0.15, 0.2) is 11.5 Å². The molecule has 1 aromatic heterocycles. The van der Waals surface area contributed by atoms with Crippen molar-refractivity contribution in [3.8, 4) is 11.5 Å². The van der Waals surface area contributed by atoms with Crippen LogP contribution in [0.1, 0.15) is 30.5 Å². The molecule has 0 aliphatic heterocycles. The predicted octanol–water partition coefficient (Wildman–Crippen LogP) is 3.22. The number of rotatable bonds is 11. The van der Waals surface area contributed by atoms with E-state index >= 15 is 0 Å². The Hall–Kier alpha value is -3.43. The number of aromatic nitrogens is 1. The zero-order valence-corrected chi connectivity index (χ0v) is 19.3. The highest BCUT2D eigenvalue weighted by Crippen LogP contribution is 2.31. The molecule has 174 valence electrons. The van der Waals surface area contributed by atoms with Crippen LogP contribution in [0.3, 0.4) is 0 Å². The van der Waals surface area contributed by atoms with Crippen LogP contribution in [0.25, 0.3) is 0 Å². The minimum Gasteiger partial charge on any atom is -0.493 e. The summed E-state index contributed by atoms with van der Waals surface area (Å²) in [6.07, 6.45) is 3.42. The Morgan fingerprint density at radius 3 is 2.45 bits per heavy atom. The van der Waals surface area contributed by atoms with E-state index in [0.29, 0.717) is 18.1 Å². The molecule has 33 heavy (non-hydrogen) atoms. The number of hydrogen-bond acceptors (Lipinski definition) is 6.